The van der Waals surface area contributed by atoms with Crippen molar-refractivity contribution in [3.05, 3.63) is 0 Å². The van der Waals surface area contributed by atoms with Crippen LogP contribution in [-0.4, -0.2) is 160 Å². The summed E-state index contributed by atoms with van der Waals surface area (Å²) in [7, 11) is 3.80. The zero-order valence-electron chi connectivity index (χ0n) is 18.2. The van der Waals surface area contributed by atoms with Gasteiger partial charge in [-0.2, -0.15) is 0 Å². The Labute approximate surface area is 171 Å². The summed E-state index contributed by atoms with van der Waals surface area (Å²) in [5.41, 5.74) is 0. The second-order valence-electron chi connectivity index (χ2n) is 9.50. The topological polar surface area (TPSA) is 71.0 Å². The fourth-order valence-electron chi connectivity index (χ4n) is 5.39. The first-order chi connectivity index (χ1) is 13.5. The lowest BCUT2D eigenvalue weighted by Crippen LogP contribution is -2.73. The van der Waals surface area contributed by atoms with Crippen molar-refractivity contribution in [2.75, 3.05) is 119 Å². The van der Waals surface area contributed by atoms with Gasteiger partial charge >= 0.3 is 0 Å². The van der Waals surface area contributed by atoms with Gasteiger partial charge in [-0.3, -0.25) is 9.80 Å². The Bertz CT molecular complexity index is 410. The van der Waals surface area contributed by atoms with Crippen LogP contribution in [-0.2, 0) is 0 Å². The number of rotatable bonds is 8. The molecule has 0 aliphatic carbocycles. The minimum absolute atomic E-state index is 0.255. The Morgan fingerprint density at radius 1 is 0.643 bits per heavy atom. The van der Waals surface area contributed by atoms with Crippen LogP contribution in [0.1, 0.15) is 0 Å². The van der Waals surface area contributed by atoms with E-state index in [1.54, 1.807) is 0 Å². The lowest BCUT2D eigenvalue weighted by atomic mass is 10.1. The third-order valence-corrected chi connectivity index (χ3v) is 7.48. The average Bonchev–Trinajstić information content (AvgIpc) is 2.69. The van der Waals surface area contributed by atoms with Crippen LogP contribution in [0, 0.1) is 0 Å². The van der Waals surface area contributed by atoms with Crippen LogP contribution in [0.25, 0.3) is 0 Å². The Morgan fingerprint density at radius 2 is 0.964 bits per heavy atom. The Balaban J connectivity index is 1.39. The first kappa shape index (κ1) is 22.4. The predicted molar refractivity (Wildman–Crippen MR) is 112 cm³/mol. The largest absolute Gasteiger partial charge is 0.390 e. The van der Waals surface area contributed by atoms with Gasteiger partial charge in [0.25, 0.3) is 0 Å². The Kier molecular flexibility index (Phi) is 8.09. The number of aliphatic hydroxyl groups is 2. The minimum atomic E-state index is -0.255. The number of piperazine rings is 3. The molecular weight excluding hydrogens is 356 g/mol. The zero-order chi connectivity index (χ0) is 20.0. The van der Waals surface area contributed by atoms with E-state index in [2.05, 4.69) is 20.4 Å². The molecule has 0 amide bonds. The second kappa shape index (κ2) is 10.1. The average molecular weight is 401 g/mol. The number of aliphatic hydroxyl groups excluding tert-OH is 2. The molecule has 3 aliphatic rings. The van der Waals surface area contributed by atoms with Crippen molar-refractivity contribution < 1.29 is 19.2 Å². The monoisotopic (exact) mass is 400 g/mol. The molecule has 3 rings (SSSR count). The summed E-state index contributed by atoms with van der Waals surface area (Å²) in [5, 5.41) is 26.2. The van der Waals surface area contributed by atoms with Gasteiger partial charge in [0, 0.05) is 52.4 Å². The van der Waals surface area contributed by atoms with Gasteiger partial charge in [-0.25, -0.2) is 0 Å². The molecule has 0 aromatic carbocycles. The molecule has 2 atom stereocenters. The van der Waals surface area contributed by atoms with E-state index in [0.29, 0.717) is 13.1 Å². The molecule has 0 aromatic rings. The van der Waals surface area contributed by atoms with Crippen LogP contribution in [0.2, 0.25) is 0 Å². The van der Waals surface area contributed by atoms with Gasteiger partial charge in [-0.1, -0.05) is 0 Å². The van der Waals surface area contributed by atoms with E-state index >= 15 is 0 Å². The molecule has 164 valence electrons. The van der Waals surface area contributed by atoms with E-state index in [-0.39, 0.29) is 12.2 Å². The zero-order valence-corrected chi connectivity index (χ0v) is 18.2. The van der Waals surface area contributed by atoms with Crippen molar-refractivity contribution >= 4 is 0 Å². The van der Waals surface area contributed by atoms with E-state index in [1.807, 2.05) is 14.1 Å². The summed E-state index contributed by atoms with van der Waals surface area (Å²) in [6.45, 7) is 17.7. The normalized spacial score (nSPS) is 27.9. The van der Waals surface area contributed by atoms with E-state index < -0.39 is 0 Å². The highest BCUT2D eigenvalue weighted by atomic mass is 16.3. The predicted octanol–water partition coefficient (Wildman–Crippen LogP) is -2.57. The Hall–Kier alpha value is -0.320. The van der Waals surface area contributed by atoms with Crippen molar-refractivity contribution in [2.24, 2.45) is 0 Å². The highest BCUT2D eigenvalue weighted by molar-refractivity contribution is 4.73. The van der Waals surface area contributed by atoms with Gasteiger partial charge in [-0.15, -0.1) is 0 Å². The molecule has 8 nitrogen and oxygen atoms in total. The van der Waals surface area contributed by atoms with Gasteiger partial charge in [-0.05, 0) is 14.1 Å². The molecule has 2 spiro atoms. The molecule has 0 radical (unpaired) electrons. The lowest BCUT2D eigenvalue weighted by Gasteiger charge is -2.54. The van der Waals surface area contributed by atoms with E-state index in [9.17, 15) is 10.2 Å². The number of quaternary nitrogens is 2. The second-order valence-corrected chi connectivity index (χ2v) is 9.50. The van der Waals surface area contributed by atoms with Crippen molar-refractivity contribution in [3.63, 3.8) is 0 Å². The SMILES string of the molecule is CNCC(O)CN1CC[N+]2(CC1)CC[N+]1(CCN(CC(O)CNC)CC1)CC2. The van der Waals surface area contributed by atoms with Crippen molar-refractivity contribution in [1.29, 1.82) is 0 Å². The summed E-state index contributed by atoms with van der Waals surface area (Å²) >= 11 is 0. The van der Waals surface area contributed by atoms with Crippen molar-refractivity contribution in [1.82, 2.24) is 20.4 Å². The molecule has 3 aliphatic heterocycles. The molecule has 8 heteroatoms. The summed E-state index contributed by atoms with van der Waals surface area (Å²) in [4.78, 5) is 4.89. The summed E-state index contributed by atoms with van der Waals surface area (Å²) in [5.74, 6) is 0. The van der Waals surface area contributed by atoms with Gasteiger partial charge < -0.3 is 29.8 Å². The number of β-amino-alcohol motifs (C(OH)–C–C–N with tert-alkyl or cyclic N) is 2. The fraction of sp³-hybridized carbons (Fsp3) is 1.00. The number of nitrogens with zero attached hydrogens (tertiary/aromatic N) is 4. The highest BCUT2D eigenvalue weighted by Crippen LogP contribution is 2.24. The lowest BCUT2D eigenvalue weighted by molar-refractivity contribution is -1.03. The summed E-state index contributed by atoms with van der Waals surface area (Å²) in [6.07, 6.45) is -0.510. The van der Waals surface area contributed by atoms with Gasteiger partial charge in [0.2, 0.25) is 0 Å². The van der Waals surface area contributed by atoms with E-state index in [1.165, 1.54) is 61.3 Å². The molecule has 3 fully saturated rings. The molecule has 4 N–H and O–H groups in total. The number of nitrogens with one attached hydrogen (secondary N) is 2. The van der Waals surface area contributed by atoms with Gasteiger partial charge in [0.05, 0.1) is 38.4 Å². The molecule has 3 heterocycles. The molecule has 2 unspecified atom stereocenters. The summed E-state index contributed by atoms with van der Waals surface area (Å²) in [6, 6.07) is 0. The van der Waals surface area contributed by atoms with Crippen LogP contribution in [0.3, 0.4) is 0 Å². The van der Waals surface area contributed by atoms with Crippen LogP contribution in [0.15, 0.2) is 0 Å². The third-order valence-electron chi connectivity index (χ3n) is 7.48. The first-order valence-corrected chi connectivity index (χ1v) is 11.3. The molecule has 0 saturated carbocycles. The van der Waals surface area contributed by atoms with Crippen LogP contribution >= 0.6 is 0 Å². The van der Waals surface area contributed by atoms with Crippen LogP contribution in [0.4, 0.5) is 0 Å². The van der Waals surface area contributed by atoms with Crippen LogP contribution in [0.5, 0.6) is 0 Å². The quantitative estimate of drug-likeness (QED) is 0.336. The summed E-state index contributed by atoms with van der Waals surface area (Å²) < 4.78 is 2.59. The van der Waals surface area contributed by atoms with E-state index in [4.69, 9.17) is 0 Å². The molecular formula is C20H44N6O2+2. The maximum absolute atomic E-state index is 10.0. The molecule has 0 aromatic heterocycles. The maximum Gasteiger partial charge on any atom is 0.129 e. The maximum atomic E-state index is 10.0. The molecule has 28 heavy (non-hydrogen) atoms. The van der Waals surface area contributed by atoms with Crippen molar-refractivity contribution in [2.45, 2.75) is 12.2 Å². The van der Waals surface area contributed by atoms with Gasteiger partial charge in [0.1, 0.15) is 26.2 Å². The van der Waals surface area contributed by atoms with Crippen molar-refractivity contribution in [3.8, 4) is 0 Å². The fourth-order valence-corrected chi connectivity index (χ4v) is 5.39. The minimum Gasteiger partial charge on any atom is -0.390 e. The number of hydrogen-bond donors (Lipinski definition) is 4. The van der Waals surface area contributed by atoms with Gasteiger partial charge in [0.15, 0.2) is 0 Å². The molecule has 0 bridgehead atoms. The number of likely N-dealkylation sites (N-methyl/N-ethyl adjacent to an activating group) is 2. The van der Waals surface area contributed by atoms with Crippen LogP contribution < -0.4 is 10.6 Å². The van der Waals surface area contributed by atoms with E-state index in [0.717, 1.165) is 39.3 Å². The number of hydrogen-bond acceptors (Lipinski definition) is 6. The molecule has 3 saturated heterocycles. The highest BCUT2D eigenvalue weighted by Gasteiger charge is 2.45. The smallest absolute Gasteiger partial charge is 0.129 e. The standard InChI is InChI=1S/C20H44N6O2/c1-21-15-19(27)17-23-3-7-25(8-4-23)11-13-26(14-12-25)9-5-24(6-10-26)18-20(28)16-22-2/h19-22,27-28H,3-18H2,1-2H3/q+2. The third kappa shape index (κ3) is 5.86. The first-order valence-electron chi connectivity index (χ1n) is 11.3. The Morgan fingerprint density at radius 3 is 1.25 bits per heavy atom.